The summed E-state index contributed by atoms with van der Waals surface area (Å²) in [7, 11) is 0. The molecule has 1 aromatic rings. The maximum atomic E-state index is 13.0. The van der Waals surface area contributed by atoms with Crippen molar-refractivity contribution in [3.8, 4) is 0 Å². The highest BCUT2D eigenvalue weighted by molar-refractivity contribution is 5.94. The number of alkyl halides is 3. The summed E-state index contributed by atoms with van der Waals surface area (Å²) in [6, 6.07) is 2.08. The molecule has 20 heavy (non-hydrogen) atoms. The number of halogens is 4. The zero-order valence-electron chi connectivity index (χ0n) is 10.5. The number of ether oxygens (including phenoxy) is 1. The number of nitrogens with two attached hydrogens (primary N) is 1. The first-order valence-electron chi connectivity index (χ1n) is 5.79. The zero-order chi connectivity index (χ0) is 15.2. The van der Waals surface area contributed by atoms with Gasteiger partial charge in [0.2, 0.25) is 0 Å². The first-order chi connectivity index (χ1) is 9.36. The second-order valence-electron chi connectivity index (χ2n) is 3.85. The monoisotopic (exact) mass is 294 g/mol. The Morgan fingerprint density at radius 1 is 1.30 bits per heavy atom. The number of hydrogen-bond donors (Lipinski definition) is 2. The molecule has 0 atom stereocenters. The second-order valence-corrected chi connectivity index (χ2v) is 3.85. The Hall–Kier alpha value is -1.67. The molecule has 0 unspecified atom stereocenters. The minimum Gasteiger partial charge on any atom is -0.378 e. The Labute approximate surface area is 112 Å². The van der Waals surface area contributed by atoms with E-state index in [0.29, 0.717) is 25.3 Å². The van der Waals surface area contributed by atoms with E-state index in [-0.39, 0.29) is 18.7 Å². The van der Waals surface area contributed by atoms with Gasteiger partial charge in [0, 0.05) is 18.7 Å². The third kappa shape index (κ3) is 4.78. The van der Waals surface area contributed by atoms with E-state index in [4.69, 9.17) is 10.5 Å². The maximum absolute atomic E-state index is 13.0. The van der Waals surface area contributed by atoms with Crippen molar-refractivity contribution >= 4 is 5.91 Å². The van der Waals surface area contributed by atoms with Crippen LogP contribution in [0, 0.1) is 5.82 Å². The van der Waals surface area contributed by atoms with Crippen LogP contribution in [-0.2, 0) is 10.9 Å². The molecule has 0 spiro atoms. The SMILES string of the molecule is NCCOCCNC(=O)c1ccc(F)c(C(F)(F)F)c1. The van der Waals surface area contributed by atoms with Gasteiger partial charge in [0.25, 0.3) is 5.91 Å². The van der Waals surface area contributed by atoms with Gasteiger partial charge in [-0.2, -0.15) is 13.2 Å². The maximum Gasteiger partial charge on any atom is 0.419 e. The number of carbonyl (C=O) groups is 1. The van der Waals surface area contributed by atoms with E-state index < -0.39 is 23.5 Å². The van der Waals surface area contributed by atoms with Gasteiger partial charge in [-0.05, 0) is 18.2 Å². The number of amides is 1. The lowest BCUT2D eigenvalue weighted by atomic mass is 10.1. The lowest BCUT2D eigenvalue weighted by Gasteiger charge is -2.10. The van der Waals surface area contributed by atoms with Gasteiger partial charge >= 0.3 is 6.18 Å². The lowest BCUT2D eigenvalue weighted by molar-refractivity contribution is -0.140. The van der Waals surface area contributed by atoms with Crippen LogP contribution in [0.2, 0.25) is 0 Å². The first kappa shape index (κ1) is 16.4. The van der Waals surface area contributed by atoms with Gasteiger partial charge in [0.1, 0.15) is 5.82 Å². The Morgan fingerprint density at radius 2 is 2.00 bits per heavy atom. The Bertz CT molecular complexity index is 463. The summed E-state index contributed by atoms with van der Waals surface area (Å²) in [5.41, 5.74) is 3.44. The van der Waals surface area contributed by atoms with Crippen molar-refractivity contribution in [2.24, 2.45) is 5.73 Å². The average molecular weight is 294 g/mol. The van der Waals surface area contributed by atoms with E-state index in [0.717, 1.165) is 6.07 Å². The highest BCUT2D eigenvalue weighted by Gasteiger charge is 2.34. The van der Waals surface area contributed by atoms with Crippen molar-refractivity contribution in [1.82, 2.24) is 5.32 Å². The van der Waals surface area contributed by atoms with Crippen LogP contribution >= 0.6 is 0 Å². The number of carbonyl (C=O) groups excluding carboxylic acids is 1. The predicted octanol–water partition coefficient (Wildman–Crippen LogP) is 1.55. The van der Waals surface area contributed by atoms with Gasteiger partial charge < -0.3 is 15.8 Å². The van der Waals surface area contributed by atoms with Crippen molar-refractivity contribution in [2.45, 2.75) is 6.18 Å². The van der Waals surface area contributed by atoms with Crippen LogP contribution in [0.15, 0.2) is 18.2 Å². The van der Waals surface area contributed by atoms with Crippen LogP contribution in [0.5, 0.6) is 0 Å². The van der Waals surface area contributed by atoms with Gasteiger partial charge in [0.15, 0.2) is 0 Å². The smallest absolute Gasteiger partial charge is 0.378 e. The van der Waals surface area contributed by atoms with E-state index >= 15 is 0 Å². The Kier molecular flexibility index (Phi) is 5.90. The van der Waals surface area contributed by atoms with Gasteiger partial charge in [-0.15, -0.1) is 0 Å². The molecular weight excluding hydrogens is 280 g/mol. The number of nitrogens with one attached hydrogen (secondary N) is 1. The third-order valence-electron chi connectivity index (χ3n) is 2.33. The summed E-state index contributed by atoms with van der Waals surface area (Å²) < 4.78 is 55.5. The summed E-state index contributed by atoms with van der Waals surface area (Å²) in [4.78, 5) is 11.6. The molecule has 112 valence electrons. The van der Waals surface area contributed by atoms with Gasteiger partial charge in [-0.1, -0.05) is 0 Å². The number of benzene rings is 1. The number of rotatable bonds is 6. The molecule has 0 saturated heterocycles. The minimum absolute atomic E-state index is 0.123. The molecule has 0 fully saturated rings. The largest absolute Gasteiger partial charge is 0.419 e. The molecule has 3 N–H and O–H groups in total. The Balaban J connectivity index is 2.65. The molecule has 1 amide bonds. The topological polar surface area (TPSA) is 64.3 Å². The molecule has 0 saturated carbocycles. The van der Waals surface area contributed by atoms with Crippen molar-refractivity contribution < 1.29 is 27.1 Å². The van der Waals surface area contributed by atoms with Crippen molar-refractivity contribution in [3.63, 3.8) is 0 Å². The number of hydrogen-bond acceptors (Lipinski definition) is 3. The fourth-order valence-electron chi connectivity index (χ4n) is 1.41. The van der Waals surface area contributed by atoms with Crippen molar-refractivity contribution in [2.75, 3.05) is 26.3 Å². The molecule has 0 aliphatic carbocycles. The van der Waals surface area contributed by atoms with Crippen LogP contribution in [0.3, 0.4) is 0 Å². The Morgan fingerprint density at radius 3 is 2.60 bits per heavy atom. The molecule has 0 aliphatic rings. The van der Waals surface area contributed by atoms with Crippen LogP contribution < -0.4 is 11.1 Å². The van der Waals surface area contributed by atoms with Crippen LogP contribution in [0.1, 0.15) is 15.9 Å². The minimum atomic E-state index is -4.84. The summed E-state index contributed by atoms with van der Waals surface area (Å²) in [5.74, 6) is -2.15. The molecule has 8 heteroatoms. The molecule has 1 rings (SSSR count). The average Bonchev–Trinajstić information content (AvgIpc) is 2.37. The first-order valence-corrected chi connectivity index (χ1v) is 5.79. The van der Waals surface area contributed by atoms with Crippen molar-refractivity contribution in [1.29, 1.82) is 0 Å². The molecule has 0 bridgehead atoms. The summed E-state index contributed by atoms with van der Waals surface area (Å²) >= 11 is 0. The van der Waals surface area contributed by atoms with Crippen molar-refractivity contribution in [3.05, 3.63) is 35.1 Å². The summed E-state index contributed by atoms with van der Waals surface area (Å²) in [6.45, 7) is 0.972. The van der Waals surface area contributed by atoms with E-state index in [9.17, 15) is 22.4 Å². The molecule has 0 heterocycles. The van der Waals surface area contributed by atoms with Crippen LogP contribution in [0.4, 0.5) is 17.6 Å². The van der Waals surface area contributed by atoms with Gasteiger partial charge in [-0.3, -0.25) is 4.79 Å². The lowest BCUT2D eigenvalue weighted by Crippen LogP contribution is -2.28. The fraction of sp³-hybridized carbons (Fsp3) is 0.417. The van der Waals surface area contributed by atoms with Gasteiger partial charge in [0.05, 0.1) is 18.8 Å². The van der Waals surface area contributed by atoms with Crippen LogP contribution in [0.25, 0.3) is 0 Å². The van der Waals surface area contributed by atoms with E-state index in [1.165, 1.54) is 0 Å². The van der Waals surface area contributed by atoms with Crippen LogP contribution in [-0.4, -0.2) is 32.2 Å². The summed E-state index contributed by atoms with van der Waals surface area (Å²) in [5, 5.41) is 2.36. The molecule has 1 aromatic carbocycles. The summed E-state index contributed by atoms with van der Waals surface area (Å²) in [6.07, 6.45) is -4.84. The standard InChI is InChI=1S/C12H14F4N2O2/c13-10-2-1-8(7-9(10)12(14,15)16)11(19)18-4-6-20-5-3-17/h1-2,7H,3-6,17H2,(H,18,19). The zero-order valence-corrected chi connectivity index (χ0v) is 10.5. The molecule has 0 aliphatic heterocycles. The highest BCUT2D eigenvalue weighted by Crippen LogP contribution is 2.31. The quantitative estimate of drug-likeness (QED) is 0.618. The van der Waals surface area contributed by atoms with E-state index in [1.807, 2.05) is 0 Å². The van der Waals surface area contributed by atoms with E-state index in [1.54, 1.807) is 0 Å². The molecule has 4 nitrogen and oxygen atoms in total. The normalized spacial score (nSPS) is 11.4. The second kappa shape index (κ2) is 7.20. The third-order valence-corrected chi connectivity index (χ3v) is 2.33. The molecule has 0 aromatic heterocycles. The predicted molar refractivity (Wildman–Crippen MR) is 63.6 cm³/mol. The molecule has 0 radical (unpaired) electrons. The fourth-order valence-corrected chi connectivity index (χ4v) is 1.41. The highest BCUT2D eigenvalue weighted by atomic mass is 19.4. The van der Waals surface area contributed by atoms with E-state index in [2.05, 4.69) is 5.32 Å². The van der Waals surface area contributed by atoms with Gasteiger partial charge in [-0.25, -0.2) is 4.39 Å². The molecular formula is C12H14F4N2O2.